The maximum Gasteiger partial charge on any atom is 0.321 e. The molecule has 0 amide bonds. The van der Waals surface area contributed by atoms with Crippen LogP contribution in [0.25, 0.3) is 11.3 Å². The highest BCUT2D eigenvalue weighted by Gasteiger charge is 2.04. The summed E-state index contributed by atoms with van der Waals surface area (Å²) in [6.07, 6.45) is 3.00. The number of aromatic nitrogens is 4. The molecule has 0 atom stereocenters. The molecule has 3 aromatic rings. The quantitative estimate of drug-likeness (QED) is 0.797. The first-order chi connectivity index (χ1) is 10.2. The van der Waals surface area contributed by atoms with Crippen molar-refractivity contribution in [3.63, 3.8) is 0 Å². The summed E-state index contributed by atoms with van der Waals surface area (Å²) in [5, 5.41) is 6.19. The molecule has 6 nitrogen and oxygen atoms in total. The number of nitrogens with one attached hydrogen (secondary N) is 1. The summed E-state index contributed by atoms with van der Waals surface area (Å²) >= 11 is 0. The van der Waals surface area contributed by atoms with Gasteiger partial charge in [0.2, 0.25) is 0 Å². The number of benzene rings is 1. The molecule has 0 aliphatic heterocycles. The lowest BCUT2D eigenvalue weighted by Crippen LogP contribution is -2.05. The lowest BCUT2D eigenvalue weighted by atomic mass is 10.2. The minimum absolute atomic E-state index is 0.0915. The Kier molecular flexibility index (Phi) is 3.38. The first kappa shape index (κ1) is 12.9. The Bertz CT molecular complexity index is 797. The van der Waals surface area contributed by atoms with Gasteiger partial charge < -0.3 is 4.74 Å². The van der Waals surface area contributed by atoms with Gasteiger partial charge >= 0.3 is 6.01 Å². The van der Waals surface area contributed by atoms with Gasteiger partial charge in [0.1, 0.15) is 11.6 Å². The Morgan fingerprint density at radius 2 is 1.90 bits per heavy atom. The molecule has 21 heavy (non-hydrogen) atoms. The third-order valence-electron chi connectivity index (χ3n) is 2.61. The zero-order valence-corrected chi connectivity index (χ0v) is 10.7. The van der Waals surface area contributed by atoms with Crippen LogP contribution in [0.15, 0.2) is 53.6 Å². The second-order valence-corrected chi connectivity index (χ2v) is 4.12. The van der Waals surface area contributed by atoms with E-state index in [2.05, 4.69) is 20.2 Å². The Balaban J connectivity index is 1.81. The lowest BCUT2D eigenvalue weighted by molar-refractivity contribution is 0.438. The third kappa shape index (κ3) is 3.08. The van der Waals surface area contributed by atoms with Gasteiger partial charge in [-0.05, 0) is 18.2 Å². The molecule has 0 spiro atoms. The first-order valence-corrected chi connectivity index (χ1v) is 6.02. The molecule has 0 saturated heterocycles. The van der Waals surface area contributed by atoms with Crippen LogP contribution in [0, 0.1) is 5.82 Å². The molecule has 3 rings (SSSR count). The summed E-state index contributed by atoms with van der Waals surface area (Å²) in [5.41, 5.74) is 0.871. The number of H-pyrrole nitrogens is 1. The van der Waals surface area contributed by atoms with Gasteiger partial charge in [-0.2, -0.15) is 5.10 Å². The van der Waals surface area contributed by atoms with Crippen LogP contribution in [0.1, 0.15) is 0 Å². The highest BCUT2D eigenvalue weighted by molar-refractivity contribution is 5.55. The number of halogens is 1. The summed E-state index contributed by atoms with van der Waals surface area (Å²) in [6.45, 7) is 0. The SMILES string of the molecule is O=c1ccc(-c2cnc(Oc3cccc(F)c3)nc2)n[nH]1. The molecule has 7 heteroatoms. The number of rotatable bonds is 3. The molecule has 0 aliphatic carbocycles. The second kappa shape index (κ2) is 5.49. The van der Waals surface area contributed by atoms with E-state index in [1.807, 2.05) is 0 Å². The Morgan fingerprint density at radius 3 is 2.57 bits per heavy atom. The monoisotopic (exact) mass is 284 g/mol. The van der Waals surface area contributed by atoms with Crippen molar-refractivity contribution >= 4 is 0 Å². The van der Waals surface area contributed by atoms with Crippen LogP contribution in [0.4, 0.5) is 4.39 Å². The fourth-order valence-corrected chi connectivity index (χ4v) is 1.64. The standard InChI is InChI=1S/C14H9FN4O2/c15-10-2-1-3-11(6-10)21-14-16-7-9(8-17-14)12-4-5-13(20)19-18-12/h1-8H,(H,19,20). The van der Waals surface area contributed by atoms with Gasteiger partial charge in [-0.3, -0.25) is 4.79 Å². The van der Waals surface area contributed by atoms with E-state index < -0.39 is 5.82 Å². The molecule has 104 valence electrons. The Labute approximate surface area is 118 Å². The summed E-state index contributed by atoms with van der Waals surface area (Å²) in [6, 6.07) is 8.70. The number of hydrogen-bond acceptors (Lipinski definition) is 5. The van der Waals surface area contributed by atoms with E-state index in [0.29, 0.717) is 17.0 Å². The minimum Gasteiger partial charge on any atom is -0.424 e. The largest absolute Gasteiger partial charge is 0.424 e. The fraction of sp³-hybridized carbons (Fsp3) is 0. The van der Waals surface area contributed by atoms with Crippen molar-refractivity contribution < 1.29 is 9.13 Å². The predicted molar refractivity (Wildman–Crippen MR) is 72.4 cm³/mol. The Hall–Kier alpha value is -3.09. The maximum atomic E-state index is 13.0. The van der Waals surface area contributed by atoms with Crippen molar-refractivity contribution in [2.45, 2.75) is 0 Å². The van der Waals surface area contributed by atoms with Crippen molar-refractivity contribution in [1.82, 2.24) is 20.2 Å². The van der Waals surface area contributed by atoms with E-state index in [4.69, 9.17) is 4.74 Å². The summed E-state index contributed by atoms with van der Waals surface area (Å²) < 4.78 is 18.4. The van der Waals surface area contributed by atoms with E-state index in [9.17, 15) is 9.18 Å². The molecular formula is C14H9FN4O2. The van der Waals surface area contributed by atoms with Gasteiger partial charge in [-0.25, -0.2) is 19.5 Å². The van der Waals surface area contributed by atoms with Crippen LogP contribution in [0.3, 0.4) is 0 Å². The fourth-order valence-electron chi connectivity index (χ4n) is 1.64. The van der Waals surface area contributed by atoms with Crippen LogP contribution in [-0.4, -0.2) is 20.2 Å². The molecule has 2 aromatic heterocycles. The number of ether oxygens (including phenoxy) is 1. The highest BCUT2D eigenvalue weighted by atomic mass is 19.1. The molecule has 0 fully saturated rings. The van der Waals surface area contributed by atoms with Gasteiger partial charge in [0.05, 0.1) is 5.69 Å². The van der Waals surface area contributed by atoms with E-state index in [-0.39, 0.29) is 11.6 Å². The predicted octanol–water partition coefficient (Wildman–Crippen LogP) is 2.16. The van der Waals surface area contributed by atoms with Crippen LogP contribution < -0.4 is 10.3 Å². The van der Waals surface area contributed by atoms with Crippen molar-refractivity contribution in [2.75, 3.05) is 0 Å². The minimum atomic E-state index is -0.401. The summed E-state index contributed by atoms with van der Waals surface area (Å²) in [7, 11) is 0. The second-order valence-electron chi connectivity index (χ2n) is 4.12. The molecule has 0 bridgehead atoms. The Morgan fingerprint density at radius 1 is 1.10 bits per heavy atom. The highest BCUT2D eigenvalue weighted by Crippen LogP contribution is 2.20. The number of hydrogen-bond donors (Lipinski definition) is 1. The van der Waals surface area contributed by atoms with Gasteiger partial charge in [0.25, 0.3) is 5.56 Å². The summed E-state index contributed by atoms with van der Waals surface area (Å²) in [5.74, 6) is -0.0912. The lowest BCUT2D eigenvalue weighted by Gasteiger charge is -2.04. The molecule has 1 aromatic carbocycles. The van der Waals surface area contributed by atoms with Gasteiger partial charge in [0, 0.05) is 30.1 Å². The smallest absolute Gasteiger partial charge is 0.321 e. The average Bonchev–Trinajstić information content (AvgIpc) is 2.49. The van der Waals surface area contributed by atoms with Gasteiger partial charge in [0.15, 0.2) is 0 Å². The number of aromatic amines is 1. The normalized spacial score (nSPS) is 10.3. The zero-order chi connectivity index (χ0) is 14.7. The van der Waals surface area contributed by atoms with Crippen LogP contribution >= 0.6 is 0 Å². The molecule has 1 N–H and O–H groups in total. The third-order valence-corrected chi connectivity index (χ3v) is 2.61. The van der Waals surface area contributed by atoms with Crippen molar-refractivity contribution in [3.8, 4) is 23.0 Å². The van der Waals surface area contributed by atoms with E-state index in [1.54, 1.807) is 12.1 Å². The van der Waals surface area contributed by atoms with Crippen LogP contribution in [0.5, 0.6) is 11.8 Å². The maximum absolute atomic E-state index is 13.0. The van der Waals surface area contributed by atoms with Gasteiger partial charge in [-0.15, -0.1) is 0 Å². The van der Waals surface area contributed by atoms with Crippen LogP contribution in [-0.2, 0) is 0 Å². The molecule has 0 unspecified atom stereocenters. The van der Waals surface area contributed by atoms with Crippen molar-refractivity contribution in [3.05, 3.63) is 65.0 Å². The van der Waals surface area contributed by atoms with E-state index >= 15 is 0 Å². The molecular weight excluding hydrogens is 275 g/mol. The van der Waals surface area contributed by atoms with Crippen molar-refractivity contribution in [2.24, 2.45) is 0 Å². The molecule has 2 heterocycles. The molecule has 0 saturated carbocycles. The first-order valence-electron chi connectivity index (χ1n) is 6.02. The summed E-state index contributed by atoms with van der Waals surface area (Å²) in [4.78, 5) is 19.0. The van der Waals surface area contributed by atoms with Crippen molar-refractivity contribution in [1.29, 1.82) is 0 Å². The molecule has 0 aliphatic rings. The average molecular weight is 284 g/mol. The zero-order valence-electron chi connectivity index (χ0n) is 10.7. The van der Waals surface area contributed by atoms with E-state index in [1.165, 1.54) is 36.7 Å². The number of nitrogens with zero attached hydrogens (tertiary/aromatic N) is 3. The van der Waals surface area contributed by atoms with Gasteiger partial charge in [-0.1, -0.05) is 6.07 Å². The van der Waals surface area contributed by atoms with Crippen LogP contribution in [0.2, 0.25) is 0 Å². The molecule has 0 radical (unpaired) electrons. The topological polar surface area (TPSA) is 80.8 Å². The van der Waals surface area contributed by atoms with E-state index in [0.717, 1.165) is 0 Å².